The summed E-state index contributed by atoms with van der Waals surface area (Å²) in [6.45, 7) is 0. The number of hydrogen-bond donors (Lipinski definition) is 0. The largest absolute Gasteiger partial charge is 0.302 e. The smallest absolute Gasteiger partial charge is 0.130 e. The standard InChI is InChI=1S/C11H11N.C11H12O.CH4/c2*12-9-11(7-4-8-11)10-5-2-1-3-6-10;/h1-3,5-6H,4,7-8H2;1-3,5-6,9H,4,7-8H2;1H4. The molecule has 0 unspecified atom stereocenters. The zero-order chi connectivity index (χ0) is 16.9. The summed E-state index contributed by atoms with van der Waals surface area (Å²) in [7, 11) is 0. The summed E-state index contributed by atoms with van der Waals surface area (Å²) < 4.78 is 0. The van der Waals surface area contributed by atoms with Crippen molar-refractivity contribution in [3.05, 3.63) is 71.8 Å². The Morgan fingerprint density at radius 2 is 1.28 bits per heavy atom. The molecule has 0 atom stereocenters. The maximum atomic E-state index is 10.9. The first-order valence-electron chi connectivity index (χ1n) is 8.73. The molecule has 2 saturated carbocycles. The van der Waals surface area contributed by atoms with Gasteiger partial charge in [-0.2, -0.15) is 5.26 Å². The molecule has 0 amide bonds. The van der Waals surface area contributed by atoms with Crippen LogP contribution >= 0.6 is 0 Å². The quantitative estimate of drug-likeness (QED) is 0.688. The molecule has 0 aliphatic heterocycles. The number of rotatable bonds is 3. The lowest BCUT2D eigenvalue weighted by atomic mass is 9.66. The van der Waals surface area contributed by atoms with E-state index in [4.69, 9.17) is 5.26 Å². The fraction of sp³-hybridized carbons (Fsp3) is 0.391. The Balaban J connectivity index is 0.000000173. The van der Waals surface area contributed by atoms with Crippen LogP contribution < -0.4 is 0 Å². The molecule has 2 fully saturated rings. The summed E-state index contributed by atoms with van der Waals surface area (Å²) >= 11 is 0. The highest BCUT2D eigenvalue weighted by atomic mass is 16.1. The fourth-order valence-corrected chi connectivity index (χ4v) is 3.55. The van der Waals surface area contributed by atoms with Crippen LogP contribution in [0, 0.1) is 11.3 Å². The second-order valence-corrected chi connectivity index (χ2v) is 6.91. The molecule has 0 heterocycles. The molecule has 0 saturated heterocycles. The van der Waals surface area contributed by atoms with Crippen LogP contribution in [0.3, 0.4) is 0 Å². The van der Waals surface area contributed by atoms with Gasteiger partial charge in [-0.05, 0) is 43.2 Å². The molecule has 0 radical (unpaired) electrons. The minimum atomic E-state index is -0.138. The lowest BCUT2D eigenvalue weighted by Gasteiger charge is -2.37. The Hall–Kier alpha value is -2.40. The maximum absolute atomic E-state index is 10.9. The number of nitriles is 1. The molecular formula is C23H27NO. The SMILES string of the molecule is C.N#CC1(c2ccccc2)CCC1.O=CC1(c2ccccc2)CCC1. The van der Waals surface area contributed by atoms with Crippen LogP contribution in [-0.2, 0) is 15.6 Å². The van der Waals surface area contributed by atoms with Crippen LogP contribution in [0.5, 0.6) is 0 Å². The second kappa shape index (κ2) is 8.12. The van der Waals surface area contributed by atoms with Gasteiger partial charge in [0.15, 0.2) is 0 Å². The summed E-state index contributed by atoms with van der Waals surface area (Å²) in [5.74, 6) is 0. The third-order valence-corrected chi connectivity index (χ3v) is 5.57. The highest BCUT2D eigenvalue weighted by Gasteiger charge is 2.39. The van der Waals surface area contributed by atoms with E-state index in [2.05, 4.69) is 18.2 Å². The van der Waals surface area contributed by atoms with Crippen molar-refractivity contribution in [2.45, 2.75) is 56.8 Å². The normalized spacial score (nSPS) is 18.7. The second-order valence-electron chi connectivity index (χ2n) is 6.91. The van der Waals surface area contributed by atoms with Gasteiger partial charge in [0.05, 0.1) is 16.9 Å². The van der Waals surface area contributed by atoms with Crippen LogP contribution in [0.4, 0.5) is 0 Å². The van der Waals surface area contributed by atoms with E-state index in [-0.39, 0.29) is 18.3 Å². The third kappa shape index (κ3) is 3.66. The first-order valence-corrected chi connectivity index (χ1v) is 8.73. The highest BCUT2D eigenvalue weighted by molar-refractivity contribution is 5.70. The molecule has 4 rings (SSSR count). The van der Waals surface area contributed by atoms with E-state index in [1.165, 1.54) is 24.0 Å². The predicted molar refractivity (Wildman–Crippen MR) is 102 cm³/mol. The summed E-state index contributed by atoms with van der Waals surface area (Å²) in [6.07, 6.45) is 7.63. The Kier molecular flexibility index (Phi) is 6.15. The highest BCUT2D eigenvalue weighted by Crippen LogP contribution is 2.43. The minimum Gasteiger partial charge on any atom is -0.302 e. The van der Waals surface area contributed by atoms with Crippen molar-refractivity contribution >= 4 is 6.29 Å². The lowest BCUT2D eigenvalue weighted by molar-refractivity contribution is -0.115. The fourth-order valence-electron chi connectivity index (χ4n) is 3.55. The van der Waals surface area contributed by atoms with E-state index in [1.54, 1.807) is 0 Å². The van der Waals surface area contributed by atoms with Gasteiger partial charge < -0.3 is 4.79 Å². The molecule has 130 valence electrons. The first-order chi connectivity index (χ1) is 11.7. The van der Waals surface area contributed by atoms with E-state index in [0.29, 0.717) is 0 Å². The van der Waals surface area contributed by atoms with Gasteiger partial charge in [0.25, 0.3) is 0 Å². The van der Waals surface area contributed by atoms with Gasteiger partial charge >= 0.3 is 0 Å². The average molecular weight is 333 g/mol. The van der Waals surface area contributed by atoms with E-state index in [9.17, 15) is 4.79 Å². The third-order valence-electron chi connectivity index (χ3n) is 5.57. The van der Waals surface area contributed by atoms with Crippen molar-refractivity contribution in [3.63, 3.8) is 0 Å². The van der Waals surface area contributed by atoms with Gasteiger partial charge in [0.1, 0.15) is 6.29 Å². The van der Waals surface area contributed by atoms with Crippen molar-refractivity contribution in [2.24, 2.45) is 0 Å². The number of nitrogens with zero attached hydrogens (tertiary/aromatic N) is 1. The molecule has 2 aliphatic rings. The van der Waals surface area contributed by atoms with Gasteiger partial charge in [-0.3, -0.25) is 0 Å². The molecule has 0 bridgehead atoms. The number of carbonyl (C=O) groups excluding carboxylic acids is 1. The van der Waals surface area contributed by atoms with E-state index in [0.717, 1.165) is 32.0 Å². The summed E-state index contributed by atoms with van der Waals surface area (Å²) in [4.78, 5) is 10.9. The molecule has 0 spiro atoms. The molecule has 25 heavy (non-hydrogen) atoms. The van der Waals surface area contributed by atoms with Gasteiger partial charge in [-0.15, -0.1) is 0 Å². The van der Waals surface area contributed by atoms with Gasteiger partial charge in [0, 0.05) is 0 Å². The summed E-state index contributed by atoms with van der Waals surface area (Å²) in [5.41, 5.74) is 2.12. The Morgan fingerprint density at radius 1 is 0.800 bits per heavy atom. The number of carbonyl (C=O) groups is 1. The number of benzene rings is 2. The average Bonchev–Trinajstić information content (AvgIpc) is 2.57. The van der Waals surface area contributed by atoms with Crippen molar-refractivity contribution in [3.8, 4) is 6.07 Å². The summed E-state index contributed by atoms with van der Waals surface area (Å²) in [5, 5.41) is 9.04. The van der Waals surface area contributed by atoms with E-state index in [1.807, 2.05) is 48.5 Å². The molecule has 2 nitrogen and oxygen atoms in total. The lowest BCUT2D eigenvalue weighted by Crippen LogP contribution is -2.35. The molecule has 0 N–H and O–H groups in total. The van der Waals surface area contributed by atoms with Crippen molar-refractivity contribution in [1.29, 1.82) is 5.26 Å². The molecule has 2 aromatic rings. The van der Waals surface area contributed by atoms with Gasteiger partial charge in [0.2, 0.25) is 0 Å². The van der Waals surface area contributed by atoms with Crippen LogP contribution in [0.2, 0.25) is 0 Å². The minimum absolute atomic E-state index is 0. The molecule has 2 heteroatoms. The zero-order valence-corrected chi connectivity index (χ0v) is 13.9. The van der Waals surface area contributed by atoms with Gasteiger partial charge in [-0.25, -0.2) is 0 Å². The zero-order valence-electron chi connectivity index (χ0n) is 13.9. The number of hydrogen-bond acceptors (Lipinski definition) is 2. The topological polar surface area (TPSA) is 40.9 Å². The molecule has 2 aliphatic carbocycles. The van der Waals surface area contributed by atoms with Crippen LogP contribution in [0.1, 0.15) is 57.1 Å². The Labute approximate surface area is 151 Å². The van der Waals surface area contributed by atoms with Crippen molar-refractivity contribution in [2.75, 3.05) is 0 Å². The predicted octanol–water partition coefficient (Wildman–Crippen LogP) is 5.58. The van der Waals surface area contributed by atoms with Crippen molar-refractivity contribution in [1.82, 2.24) is 0 Å². The Morgan fingerprint density at radius 3 is 1.60 bits per heavy atom. The Bertz CT molecular complexity index is 707. The molecular weight excluding hydrogens is 306 g/mol. The van der Waals surface area contributed by atoms with E-state index < -0.39 is 0 Å². The molecule has 0 aromatic heterocycles. The van der Waals surface area contributed by atoms with Crippen LogP contribution in [-0.4, -0.2) is 6.29 Å². The van der Waals surface area contributed by atoms with Gasteiger partial charge in [-0.1, -0.05) is 74.5 Å². The maximum Gasteiger partial charge on any atom is 0.130 e. The monoisotopic (exact) mass is 333 g/mol. The molecule has 2 aromatic carbocycles. The van der Waals surface area contributed by atoms with Crippen LogP contribution in [0.15, 0.2) is 60.7 Å². The van der Waals surface area contributed by atoms with Crippen LogP contribution in [0.25, 0.3) is 0 Å². The van der Waals surface area contributed by atoms with Crippen molar-refractivity contribution < 1.29 is 4.79 Å². The summed E-state index contributed by atoms with van der Waals surface area (Å²) in [6, 6.07) is 22.6. The first kappa shape index (κ1) is 18.9. The van der Waals surface area contributed by atoms with E-state index >= 15 is 0 Å². The number of aldehydes is 1.